The van der Waals surface area contributed by atoms with Gasteiger partial charge in [-0.1, -0.05) is 34.1 Å². The number of hydrogen-bond donors (Lipinski definition) is 3. The highest BCUT2D eigenvalue weighted by Crippen LogP contribution is 2.33. The molecule has 0 saturated carbocycles. The van der Waals surface area contributed by atoms with Crippen molar-refractivity contribution >= 4 is 35.2 Å². The Labute approximate surface area is 213 Å². The van der Waals surface area contributed by atoms with Gasteiger partial charge in [-0.05, 0) is 30.9 Å². The van der Waals surface area contributed by atoms with Crippen LogP contribution in [0.4, 0.5) is 10.5 Å². The number of carboxylic acid groups (broad SMARTS) is 2. The molecule has 2 atom stereocenters. The van der Waals surface area contributed by atoms with Gasteiger partial charge in [-0.3, -0.25) is 25.0 Å². The van der Waals surface area contributed by atoms with Crippen molar-refractivity contribution in [2.45, 2.75) is 59.8 Å². The van der Waals surface area contributed by atoms with E-state index in [0.29, 0.717) is 6.42 Å². The summed E-state index contributed by atoms with van der Waals surface area (Å²) in [6, 6.07) is 3.31. The summed E-state index contributed by atoms with van der Waals surface area (Å²) in [6.45, 7) is 8.94. The van der Waals surface area contributed by atoms with E-state index in [-0.39, 0.29) is 36.2 Å². The van der Waals surface area contributed by atoms with Crippen LogP contribution in [0.3, 0.4) is 0 Å². The molecule has 0 aromatic heterocycles. The van der Waals surface area contributed by atoms with E-state index >= 15 is 0 Å². The minimum absolute atomic E-state index is 0.00528. The van der Waals surface area contributed by atoms with Crippen LogP contribution in [-0.4, -0.2) is 64.7 Å². The van der Waals surface area contributed by atoms with E-state index in [9.17, 15) is 39.5 Å². The summed E-state index contributed by atoms with van der Waals surface area (Å²) < 4.78 is 16.1. The lowest BCUT2D eigenvalue weighted by Crippen LogP contribution is -2.39. The van der Waals surface area contributed by atoms with Gasteiger partial charge in [0.25, 0.3) is 0 Å². The largest absolute Gasteiger partial charge is 0.482 e. The van der Waals surface area contributed by atoms with E-state index in [2.05, 4.69) is 5.32 Å². The lowest BCUT2D eigenvalue weighted by Gasteiger charge is -2.23. The van der Waals surface area contributed by atoms with E-state index in [1.54, 1.807) is 19.8 Å². The Balaban J connectivity index is 3.36. The van der Waals surface area contributed by atoms with Crippen molar-refractivity contribution in [1.82, 2.24) is 5.32 Å². The minimum atomic E-state index is -1.96. The number of benzene rings is 1. The fourth-order valence-electron chi connectivity index (χ4n) is 3.15. The molecule has 0 aliphatic rings. The Morgan fingerprint density at radius 1 is 1.16 bits per heavy atom. The summed E-state index contributed by atoms with van der Waals surface area (Å²) in [5, 5.41) is 32.8. The highest BCUT2D eigenvalue weighted by molar-refractivity contribution is 5.94. The molecule has 0 aliphatic carbocycles. The number of rotatable bonds is 14. The molecule has 1 aromatic carbocycles. The molecule has 0 fully saturated rings. The number of aliphatic carboxylic acids is 2. The van der Waals surface area contributed by atoms with Gasteiger partial charge >= 0.3 is 23.7 Å². The number of hydrogen-bond acceptors (Lipinski definition) is 9. The van der Waals surface area contributed by atoms with Gasteiger partial charge in [-0.2, -0.15) is 0 Å². The van der Waals surface area contributed by atoms with Gasteiger partial charge in [-0.25, -0.2) is 9.59 Å². The van der Waals surface area contributed by atoms with E-state index in [0.717, 1.165) is 12.1 Å². The van der Waals surface area contributed by atoms with Crippen molar-refractivity contribution in [3.63, 3.8) is 0 Å². The lowest BCUT2D eigenvalue weighted by molar-refractivity contribution is -0.386. The van der Waals surface area contributed by atoms with Crippen molar-refractivity contribution in [3.05, 3.63) is 33.9 Å². The molecule has 0 bridgehead atoms. The van der Waals surface area contributed by atoms with Gasteiger partial charge in [0.05, 0.1) is 17.1 Å². The average molecular weight is 525 g/mol. The Bertz CT molecular complexity index is 1030. The number of nitro benzene ring substituents is 1. The lowest BCUT2D eigenvalue weighted by atomic mass is 9.98. The maximum atomic E-state index is 12.2. The molecule has 0 saturated heterocycles. The molecule has 3 N–H and O–H groups in total. The normalized spacial score (nSPS) is 12.7. The molecule has 1 amide bonds. The molecule has 13 heteroatoms. The van der Waals surface area contributed by atoms with E-state index in [1.165, 1.54) is 6.07 Å². The Hall–Kier alpha value is -3.96. The zero-order valence-electron chi connectivity index (χ0n) is 21.3. The zero-order chi connectivity index (χ0) is 28.3. The number of nitro groups is 1. The number of nitrogens with one attached hydrogen (secondary N) is 1. The first-order valence-corrected chi connectivity index (χ1v) is 11.5. The molecule has 37 heavy (non-hydrogen) atoms. The molecular formula is C24H32N2O11. The van der Waals surface area contributed by atoms with E-state index in [1.807, 2.05) is 20.8 Å². The van der Waals surface area contributed by atoms with Gasteiger partial charge in [0, 0.05) is 18.2 Å². The number of amides is 1. The molecule has 13 nitrogen and oxygen atoms in total. The third kappa shape index (κ3) is 9.54. The second-order valence-corrected chi connectivity index (χ2v) is 9.17. The summed E-state index contributed by atoms with van der Waals surface area (Å²) in [5.74, 6) is -4.03. The third-order valence-corrected chi connectivity index (χ3v) is 4.81. The number of carbonyl (C=O) groups excluding carboxylic acids is 2. The zero-order valence-corrected chi connectivity index (χ0v) is 21.3. The maximum Gasteiger partial charge on any atom is 0.409 e. The quantitative estimate of drug-likeness (QED) is 0.106. The first-order chi connectivity index (χ1) is 17.2. The Kier molecular flexibility index (Phi) is 11.7. The second-order valence-electron chi connectivity index (χ2n) is 9.17. The van der Waals surface area contributed by atoms with Crippen molar-refractivity contribution in [2.24, 2.45) is 11.3 Å². The molecule has 0 spiro atoms. The van der Waals surface area contributed by atoms with Crippen molar-refractivity contribution in [2.75, 3.05) is 13.2 Å². The molecule has 1 aromatic rings. The van der Waals surface area contributed by atoms with Crippen LogP contribution in [0.1, 0.15) is 53.0 Å². The minimum Gasteiger partial charge on any atom is -0.482 e. The number of nitrogens with zero attached hydrogens (tertiary/aromatic N) is 1. The van der Waals surface area contributed by atoms with E-state index < -0.39 is 52.6 Å². The molecule has 204 valence electrons. The van der Waals surface area contributed by atoms with E-state index in [4.69, 9.17) is 14.2 Å². The summed E-state index contributed by atoms with van der Waals surface area (Å²) in [7, 11) is 0. The van der Waals surface area contributed by atoms with Crippen molar-refractivity contribution < 1.29 is 48.5 Å². The number of carboxylic acids is 2. The molecule has 0 radical (unpaired) electrons. The summed E-state index contributed by atoms with van der Waals surface area (Å²) >= 11 is 0. The highest BCUT2D eigenvalue weighted by atomic mass is 16.6. The first kappa shape index (κ1) is 31.1. The molecule has 0 aliphatic heterocycles. The predicted molar refractivity (Wildman–Crippen MR) is 130 cm³/mol. The smallest absolute Gasteiger partial charge is 0.409 e. The Morgan fingerprint density at radius 3 is 2.24 bits per heavy atom. The fourth-order valence-corrected chi connectivity index (χ4v) is 3.15. The van der Waals surface area contributed by atoms with Crippen LogP contribution in [0.25, 0.3) is 5.57 Å². The van der Waals surface area contributed by atoms with Crippen LogP contribution in [0.2, 0.25) is 0 Å². The van der Waals surface area contributed by atoms with Gasteiger partial charge in [0.15, 0.2) is 17.9 Å². The SMILES string of the molecule is CCC[C@@H](Oc1ccc(C(=C=O)[C@@H](NC(=O)OCC(C)(C)C)OCC)cc1[N+](=O)[O-])C(C(=O)O)C(=O)O. The number of ether oxygens (including phenoxy) is 3. The van der Waals surface area contributed by atoms with Crippen LogP contribution in [-0.2, 0) is 23.9 Å². The Morgan fingerprint density at radius 2 is 1.78 bits per heavy atom. The van der Waals surface area contributed by atoms with Crippen LogP contribution in [0.5, 0.6) is 5.75 Å². The molecule has 0 heterocycles. The van der Waals surface area contributed by atoms with Gasteiger partial charge < -0.3 is 24.4 Å². The number of carbonyl (C=O) groups is 3. The van der Waals surface area contributed by atoms with Crippen LogP contribution < -0.4 is 10.1 Å². The monoisotopic (exact) mass is 524 g/mol. The first-order valence-electron chi connectivity index (χ1n) is 11.5. The third-order valence-electron chi connectivity index (χ3n) is 4.81. The maximum absolute atomic E-state index is 12.2. The molecule has 0 unspecified atom stereocenters. The van der Waals surface area contributed by atoms with Crippen molar-refractivity contribution in [1.29, 1.82) is 0 Å². The topological polar surface area (TPSA) is 192 Å². The second kappa shape index (κ2) is 14.0. The van der Waals surface area contributed by atoms with Gasteiger partial charge in [-0.15, -0.1) is 0 Å². The van der Waals surface area contributed by atoms with Crippen LogP contribution in [0.15, 0.2) is 18.2 Å². The average Bonchev–Trinajstić information content (AvgIpc) is 2.78. The van der Waals surface area contributed by atoms with Crippen LogP contribution >= 0.6 is 0 Å². The summed E-state index contributed by atoms with van der Waals surface area (Å²) in [4.78, 5) is 58.0. The van der Waals surface area contributed by atoms with Gasteiger partial charge in [0.2, 0.25) is 0 Å². The summed E-state index contributed by atoms with van der Waals surface area (Å²) in [5.41, 5.74) is -1.30. The summed E-state index contributed by atoms with van der Waals surface area (Å²) in [6.07, 6.45) is -3.29. The fraction of sp³-hybridized carbons (Fsp3) is 0.542. The molecular weight excluding hydrogens is 492 g/mol. The van der Waals surface area contributed by atoms with Gasteiger partial charge in [0.1, 0.15) is 12.0 Å². The van der Waals surface area contributed by atoms with Crippen LogP contribution in [0, 0.1) is 21.4 Å². The predicted octanol–water partition coefficient (Wildman–Crippen LogP) is 3.28. The highest BCUT2D eigenvalue weighted by Gasteiger charge is 2.37. The number of alkyl carbamates (subject to hydrolysis) is 1. The standard InChI is InChI=1S/C24H32N2O11/c1-6-8-18(19(21(28)29)22(30)31)37-17-10-9-14(11-16(17)26(33)34)15(12-27)20(35-7-2)25-23(32)36-13-24(3,4)5/h9-11,18-20H,6-8,13H2,1-5H3,(H,25,32)(H,28,29)(H,30,31)/t18-,20+/m1/s1. The molecule has 1 rings (SSSR count). The van der Waals surface area contributed by atoms with Crippen molar-refractivity contribution in [3.8, 4) is 5.75 Å².